The summed E-state index contributed by atoms with van der Waals surface area (Å²) in [6, 6.07) is 12.9. The first-order valence-electron chi connectivity index (χ1n) is 10.3. The highest BCUT2D eigenvalue weighted by atomic mass is 32.2. The number of aromatic nitrogens is 2. The van der Waals surface area contributed by atoms with Crippen molar-refractivity contribution in [3.63, 3.8) is 0 Å². The van der Waals surface area contributed by atoms with Crippen molar-refractivity contribution in [2.45, 2.75) is 55.9 Å². The molecule has 0 saturated heterocycles. The van der Waals surface area contributed by atoms with Gasteiger partial charge in [-0.1, -0.05) is 36.0 Å². The smallest absolute Gasteiger partial charge is 0.254 e. The Morgan fingerprint density at radius 1 is 1.23 bits per heavy atom. The zero-order valence-corrected chi connectivity index (χ0v) is 19.9. The van der Waals surface area contributed by atoms with Gasteiger partial charge in [0, 0.05) is 5.56 Å². The highest BCUT2D eigenvalue weighted by Gasteiger charge is 2.34. The molecule has 30 heavy (non-hydrogen) atoms. The number of thioether (sulfide) groups is 1. The van der Waals surface area contributed by atoms with E-state index in [1.807, 2.05) is 6.26 Å². The van der Waals surface area contributed by atoms with Crippen LogP contribution in [0.1, 0.15) is 49.9 Å². The Labute approximate surface area is 185 Å². The molecular formula is C24H29N2O2S2+. The molecule has 0 amide bonds. The number of fused-ring (bicyclic) bond motifs is 2. The second-order valence-electron chi connectivity index (χ2n) is 8.82. The molecule has 6 heteroatoms. The summed E-state index contributed by atoms with van der Waals surface area (Å²) in [4.78, 5) is 20.1. The summed E-state index contributed by atoms with van der Waals surface area (Å²) in [5.41, 5.74) is 3.11. The molecule has 2 unspecified atom stereocenters. The highest BCUT2D eigenvalue weighted by molar-refractivity contribution is 7.98. The molecule has 4 nitrogen and oxygen atoms in total. The van der Waals surface area contributed by atoms with Crippen LogP contribution in [0.5, 0.6) is 5.75 Å². The Kier molecular flexibility index (Phi) is 5.90. The quantitative estimate of drug-likeness (QED) is 0.341. The second-order valence-corrected chi connectivity index (χ2v) is 11.9. The van der Waals surface area contributed by atoms with Crippen LogP contribution in [0.4, 0.5) is 0 Å². The van der Waals surface area contributed by atoms with Gasteiger partial charge in [0.15, 0.2) is 26.8 Å². The van der Waals surface area contributed by atoms with Gasteiger partial charge in [-0.25, -0.2) is 4.98 Å². The highest BCUT2D eigenvalue weighted by Crippen LogP contribution is 2.38. The van der Waals surface area contributed by atoms with Crippen molar-refractivity contribution in [1.82, 2.24) is 9.97 Å². The van der Waals surface area contributed by atoms with E-state index in [2.05, 4.69) is 68.4 Å². The third kappa shape index (κ3) is 4.26. The van der Waals surface area contributed by atoms with Crippen LogP contribution in [-0.4, -0.2) is 27.2 Å². The van der Waals surface area contributed by atoms with E-state index >= 15 is 0 Å². The van der Waals surface area contributed by atoms with E-state index in [9.17, 15) is 4.79 Å². The van der Waals surface area contributed by atoms with Crippen molar-refractivity contribution in [3.8, 4) is 5.75 Å². The summed E-state index contributed by atoms with van der Waals surface area (Å²) in [6.45, 7) is 6.63. The molecule has 0 fully saturated rings. The molecule has 0 aliphatic heterocycles. The SMILES string of the molecule is CSc1nc2c(c(=O)[nH]1)CCC(c1cc(O[S+](C)C(C)(C)C)cc3ccccc13)C2. The Balaban J connectivity index is 1.75. The average molecular weight is 442 g/mol. The van der Waals surface area contributed by atoms with Gasteiger partial charge >= 0.3 is 0 Å². The Bertz CT molecular complexity index is 1130. The van der Waals surface area contributed by atoms with E-state index in [0.29, 0.717) is 11.1 Å². The minimum absolute atomic E-state index is 0.0185. The number of nitrogens with zero attached hydrogens (tertiary/aromatic N) is 1. The minimum Gasteiger partial charge on any atom is -0.301 e. The molecule has 1 N–H and O–H groups in total. The lowest BCUT2D eigenvalue weighted by molar-refractivity contribution is 0.555. The lowest BCUT2D eigenvalue weighted by Gasteiger charge is -2.25. The van der Waals surface area contributed by atoms with E-state index in [4.69, 9.17) is 9.17 Å². The van der Waals surface area contributed by atoms with Gasteiger partial charge in [-0.2, -0.15) is 0 Å². The molecule has 158 valence electrons. The lowest BCUT2D eigenvalue weighted by Crippen LogP contribution is -2.31. The fraction of sp³-hybridized carbons (Fsp3) is 0.417. The van der Waals surface area contributed by atoms with Crippen molar-refractivity contribution >= 4 is 33.7 Å². The summed E-state index contributed by atoms with van der Waals surface area (Å²) < 4.78 is 6.49. The molecule has 0 spiro atoms. The standard InChI is InChI=1S/C24H28N2O2S2/c1-24(2,3)30(5)28-17-12-15-8-6-7-9-18(15)20(14-17)16-10-11-19-21(13-16)25-23(29-4)26-22(19)27/h6-9,12,14,16H,10-11,13H2,1-5H3/p+1. The zero-order valence-electron chi connectivity index (χ0n) is 18.2. The maximum Gasteiger partial charge on any atom is 0.254 e. The Hall–Kier alpha value is -1.92. The first-order valence-corrected chi connectivity index (χ1v) is 13.1. The normalized spacial score (nSPS) is 17.6. The summed E-state index contributed by atoms with van der Waals surface area (Å²) in [7, 11) is 0. The van der Waals surface area contributed by atoms with Crippen LogP contribution >= 0.6 is 11.8 Å². The number of benzene rings is 2. The van der Waals surface area contributed by atoms with Crippen LogP contribution in [-0.2, 0) is 24.0 Å². The first kappa shape index (κ1) is 21.3. The van der Waals surface area contributed by atoms with Gasteiger partial charge in [0.2, 0.25) is 0 Å². The van der Waals surface area contributed by atoms with E-state index in [0.717, 1.165) is 36.3 Å². The largest absolute Gasteiger partial charge is 0.301 e. The third-order valence-electron chi connectivity index (χ3n) is 5.85. The van der Waals surface area contributed by atoms with Crippen LogP contribution in [0.2, 0.25) is 0 Å². The maximum atomic E-state index is 12.4. The Morgan fingerprint density at radius 2 is 2.00 bits per heavy atom. The predicted molar refractivity (Wildman–Crippen MR) is 129 cm³/mol. The maximum absolute atomic E-state index is 12.4. The van der Waals surface area contributed by atoms with Crippen LogP contribution in [0, 0.1) is 0 Å². The summed E-state index contributed by atoms with van der Waals surface area (Å²) in [5.74, 6) is 1.25. The van der Waals surface area contributed by atoms with Crippen molar-refractivity contribution < 1.29 is 4.18 Å². The van der Waals surface area contributed by atoms with Crippen molar-refractivity contribution in [2.75, 3.05) is 12.5 Å². The topological polar surface area (TPSA) is 55.0 Å². The number of hydrogen-bond donors (Lipinski definition) is 1. The molecule has 1 aromatic heterocycles. The average Bonchev–Trinajstić information content (AvgIpc) is 2.72. The van der Waals surface area contributed by atoms with Crippen LogP contribution < -0.4 is 9.74 Å². The molecule has 0 radical (unpaired) electrons. The predicted octanol–water partition coefficient (Wildman–Crippen LogP) is 5.26. The molecule has 0 bridgehead atoms. The molecule has 0 saturated carbocycles. The number of aromatic amines is 1. The van der Waals surface area contributed by atoms with Crippen molar-refractivity contribution in [3.05, 3.63) is 63.6 Å². The third-order valence-corrected chi connectivity index (χ3v) is 8.59. The molecule has 4 rings (SSSR count). The summed E-state index contributed by atoms with van der Waals surface area (Å²) in [6.07, 6.45) is 6.59. The number of hydrogen-bond acceptors (Lipinski definition) is 4. The van der Waals surface area contributed by atoms with Crippen LogP contribution in [0.15, 0.2) is 46.3 Å². The van der Waals surface area contributed by atoms with E-state index < -0.39 is 0 Å². The monoisotopic (exact) mass is 441 g/mol. The fourth-order valence-electron chi connectivity index (χ4n) is 3.93. The molecular weight excluding hydrogens is 412 g/mol. The van der Waals surface area contributed by atoms with Gasteiger partial charge in [0.25, 0.3) is 5.56 Å². The Morgan fingerprint density at radius 3 is 2.73 bits per heavy atom. The van der Waals surface area contributed by atoms with E-state index in [1.165, 1.54) is 28.1 Å². The number of H-pyrrole nitrogens is 1. The van der Waals surface area contributed by atoms with Crippen molar-refractivity contribution in [2.24, 2.45) is 0 Å². The van der Waals surface area contributed by atoms with Gasteiger partial charge in [0.1, 0.15) is 6.26 Å². The molecule has 2 aromatic carbocycles. The summed E-state index contributed by atoms with van der Waals surface area (Å²) in [5, 5.41) is 3.16. The van der Waals surface area contributed by atoms with Gasteiger partial charge in [-0.15, -0.1) is 0 Å². The summed E-state index contributed by atoms with van der Waals surface area (Å²) >= 11 is 1.28. The number of nitrogens with one attached hydrogen (secondary N) is 1. The van der Waals surface area contributed by atoms with Crippen molar-refractivity contribution in [1.29, 1.82) is 0 Å². The van der Waals surface area contributed by atoms with Crippen LogP contribution in [0.3, 0.4) is 0 Å². The lowest BCUT2D eigenvalue weighted by atomic mass is 9.81. The second kappa shape index (κ2) is 8.31. The molecule has 2 atom stereocenters. The van der Waals surface area contributed by atoms with E-state index in [1.54, 1.807) is 0 Å². The van der Waals surface area contributed by atoms with Crippen LogP contribution in [0.25, 0.3) is 10.8 Å². The van der Waals surface area contributed by atoms with Gasteiger partial charge in [-0.05, 0) is 80.7 Å². The number of rotatable bonds is 4. The van der Waals surface area contributed by atoms with Gasteiger partial charge < -0.3 is 4.98 Å². The first-order chi connectivity index (χ1) is 14.3. The molecule has 3 aromatic rings. The molecule has 1 aliphatic carbocycles. The minimum atomic E-state index is -0.199. The molecule has 1 heterocycles. The van der Waals surface area contributed by atoms with Gasteiger partial charge in [0.05, 0.1) is 5.69 Å². The fourth-order valence-corrected chi connectivity index (χ4v) is 4.96. The van der Waals surface area contributed by atoms with E-state index in [-0.39, 0.29) is 21.5 Å². The zero-order chi connectivity index (χ0) is 21.5. The van der Waals surface area contributed by atoms with Gasteiger partial charge in [-0.3, -0.25) is 8.98 Å². The molecule has 1 aliphatic rings.